The number of rotatable bonds is 3. The molecule has 0 amide bonds. The molecule has 0 aliphatic heterocycles. The van der Waals surface area contributed by atoms with Gasteiger partial charge in [0.1, 0.15) is 4.99 Å². The second kappa shape index (κ2) is 6.09. The molecule has 0 aliphatic carbocycles. The van der Waals surface area contributed by atoms with Crippen LogP contribution in [0.15, 0.2) is 40.9 Å². The van der Waals surface area contributed by atoms with Crippen LogP contribution in [0.5, 0.6) is 0 Å². The van der Waals surface area contributed by atoms with Crippen molar-refractivity contribution in [3.63, 3.8) is 0 Å². The van der Waals surface area contributed by atoms with Crippen molar-refractivity contribution in [3.8, 4) is 0 Å². The minimum atomic E-state index is 0.320. The molecule has 0 saturated heterocycles. The van der Waals surface area contributed by atoms with Crippen molar-refractivity contribution in [1.29, 1.82) is 0 Å². The van der Waals surface area contributed by atoms with Crippen LogP contribution in [0.2, 0.25) is 10.0 Å². The quantitative estimate of drug-likeness (QED) is 0.730. The Labute approximate surface area is 135 Å². The van der Waals surface area contributed by atoms with Crippen LogP contribution in [0.3, 0.4) is 0 Å². The zero-order valence-electron chi connectivity index (χ0n) is 9.58. The van der Waals surface area contributed by atoms with Gasteiger partial charge in [-0.2, -0.15) is 0 Å². The van der Waals surface area contributed by atoms with Crippen LogP contribution >= 0.6 is 51.3 Å². The first kappa shape index (κ1) is 14.6. The fourth-order valence-electron chi connectivity index (χ4n) is 1.50. The standard InChI is InChI=1S/C13H9BrCl2N2S/c14-9-3-2-8(6-10(9)15)18-12-4-1-7(13(17)19)5-11(12)16/h1-6,18H,(H2,17,19). The topological polar surface area (TPSA) is 38.0 Å². The van der Waals surface area contributed by atoms with E-state index in [1.807, 2.05) is 30.3 Å². The highest BCUT2D eigenvalue weighted by atomic mass is 79.9. The number of thiocarbonyl (C=S) groups is 1. The van der Waals surface area contributed by atoms with Crippen LogP contribution < -0.4 is 11.1 Å². The zero-order valence-corrected chi connectivity index (χ0v) is 13.5. The molecule has 98 valence electrons. The largest absolute Gasteiger partial charge is 0.389 e. The highest BCUT2D eigenvalue weighted by Gasteiger charge is 2.05. The average Bonchev–Trinajstić information content (AvgIpc) is 2.36. The van der Waals surface area contributed by atoms with Crippen molar-refractivity contribution in [2.45, 2.75) is 0 Å². The van der Waals surface area contributed by atoms with E-state index < -0.39 is 0 Å². The first-order valence-electron chi connectivity index (χ1n) is 5.29. The molecule has 0 spiro atoms. The second-order valence-corrected chi connectivity index (χ2v) is 5.92. The number of nitrogens with two attached hydrogens (primary N) is 1. The van der Waals surface area contributed by atoms with Crippen molar-refractivity contribution in [2.75, 3.05) is 5.32 Å². The number of hydrogen-bond acceptors (Lipinski definition) is 2. The second-order valence-electron chi connectivity index (χ2n) is 3.81. The van der Waals surface area contributed by atoms with E-state index in [1.165, 1.54) is 0 Å². The van der Waals surface area contributed by atoms with E-state index in [0.717, 1.165) is 21.4 Å². The first-order valence-corrected chi connectivity index (χ1v) is 7.24. The molecule has 0 fully saturated rings. The summed E-state index contributed by atoms with van der Waals surface area (Å²) in [4.78, 5) is 0.320. The Balaban J connectivity index is 2.28. The molecule has 2 nitrogen and oxygen atoms in total. The summed E-state index contributed by atoms with van der Waals surface area (Å²) in [5, 5.41) is 4.36. The van der Waals surface area contributed by atoms with Crippen molar-refractivity contribution in [2.24, 2.45) is 5.73 Å². The normalized spacial score (nSPS) is 10.3. The number of nitrogens with one attached hydrogen (secondary N) is 1. The fraction of sp³-hybridized carbons (Fsp3) is 0. The summed E-state index contributed by atoms with van der Waals surface area (Å²) in [6.45, 7) is 0. The van der Waals surface area contributed by atoms with Crippen LogP contribution in [-0.4, -0.2) is 4.99 Å². The molecule has 0 aliphatic rings. The third-order valence-electron chi connectivity index (χ3n) is 2.45. The summed E-state index contributed by atoms with van der Waals surface area (Å²) in [5.74, 6) is 0. The lowest BCUT2D eigenvalue weighted by Gasteiger charge is -2.10. The molecule has 0 radical (unpaired) electrons. The molecule has 0 unspecified atom stereocenters. The van der Waals surface area contributed by atoms with Crippen LogP contribution in [0, 0.1) is 0 Å². The molecule has 3 N–H and O–H groups in total. The summed E-state index contributed by atoms with van der Waals surface area (Å²) >= 11 is 20.5. The van der Waals surface area contributed by atoms with Crippen molar-refractivity contribution in [3.05, 3.63) is 56.5 Å². The number of hydrogen-bond donors (Lipinski definition) is 2. The van der Waals surface area contributed by atoms with Gasteiger partial charge in [-0.1, -0.05) is 35.4 Å². The van der Waals surface area contributed by atoms with Crippen LogP contribution in [0.1, 0.15) is 5.56 Å². The Morgan fingerprint density at radius 3 is 2.42 bits per heavy atom. The van der Waals surface area contributed by atoms with Crippen LogP contribution in [-0.2, 0) is 0 Å². The highest BCUT2D eigenvalue weighted by molar-refractivity contribution is 9.10. The molecule has 0 saturated carbocycles. The van der Waals surface area contributed by atoms with Gasteiger partial charge in [-0.05, 0) is 52.3 Å². The number of benzene rings is 2. The van der Waals surface area contributed by atoms with Gasteiger partial charge in [0.15, 0.2) is 0 Å². The Morgan fingerprint density at radius 1 is 1.11 bits per heavy atom. The minimum Gasteiger partial charge on any atom is -0.389 e. The Morgan fingerprint density at radius 2 is 1.84 bits per heavy atom. The molecule has 2 aromatic rings. The molecule has 0 heterocycles. The van der Waals surface area contributed by atoms with Gasteiger partial charge in [-0.25, -0.2) is 0 Å². The van der Waals surface area contributed by atoms with Gasteiger partial charge >= 0.3 is 0 Å². The van der Waals surface area contributed by atoms with Gasteiger partial charge in [0.2, 0.25) is 0 Å². The lowest BCUT2D eigenvalue weighted by atomic mass is 10.2. The third-order valence-corrected chi connectivity index (χ3v) is 4.23. The van der Waals surface area contributed by atoms with Gasteiger partial charge < -0.3 is 11.1 Å². The summed E-state index contributed by atoms with van der Waals surface area (Å²) in [6, 6.07) is 10.9. The lowest BCUT2D eigenvalue weighted by Crippen LogP contribution is -2.09. The molecule has 0 atom stereocenters. The summed E-state index contributed by atoms with van der Waals surface area (Å²) in [6.07, 6.45) is 0. The van der Waals surface area contributed by atoms with Crippen LogP contribution in [0.25, 0.3) is 0 Å². The Hall–Kier alpha value is -0.810. The maximum absolute atomic E-state index is 6.17. The van der Waals surface area contributed by atoms with E-state index in [-0.39, 0.29) is 0 Å². The molecule has 2 rings (SSSR count). The van der Waals surface area contributed by atoms with Gasteiger partial charge in [0.25, 0.3) is 0 Å². The van der Waals surface area contributed by atoms with Gasteiger partial charge in [-0.3, -0.25) is 0 Å². The van der Waals surface area contributed by atoms with E-state index in [4.69, 9.17) is 41.2 Å². The predicted molar refractivity (Wildman–Crippen MR) is 89.8 cm³/mol. The molecule has 19 heavy (non-hydrogen) atoms. The SMILES string of the molecule is NC(=S)c1ccc(Nc2ccc(Br)c(Cl)c2)c(Cl)c1. The van der Waals surface area contributed by atoms with E-state index in [9.17, 15) is 0 Å². The molecule has 0 bridgehead atoms. The first-order chi connectivity index (χ1) is 8.97. The summed E-state index contributed by atoms with van der Waals surface area (Å²) < 4.78 is 0.842. The molecule has 0 aromatic heterocycles. The maximum atomic E-state index is 6.17. The monoisotopic (exact) mass is 374 g/mol. The predicted octanol–water partition coefficient (Wildman–Crippen LogP) is 5.13. The highest BCUT2D eigenvalue weighted by Crippen LogP contribution is 2.30. The fourth-order valence-corrected chi connectivity index (χ4v) is 2.28. The zero-order chi connectivity index (χ0) is 14.0. The Kier molecular flexibility index (Phi) is 4.68. The van der Waals surface area contributed by atoms with Gasteiger partial charge in [0.05, 0.1) is 15.7 Å². The van der Waals surface area contributed by atoms with Gasteiger partial charge in [-0.15, -0.1) is 0 Å². The van der Waals surface area contributed by atoms with Crippen molar-refractivity contribution < 1.29 is 0 Å². The van der Waals surface area contributed by atoms with Crippen molar-refractivity contribution >= 4 is 67.7 Å². The third kappa shape index (κ3) is 3.60. The lowest BCUT2D eigenvalue weighted by molar-refractivity contribution is 1.52. The van der Waals surface area contributed by atoms with E-state index in [1.54, 1.807) is 6.07 Å². The molecular weight excluding hydrogens is 367 g/mol. The summed E-state index contributed by atoms with van der Waals surface area (Å²) in [7, 11) is 0. The van der Waals surface area contributed by atoms with Crippen LogP contribution in [0.4, 0.5) is 11.4 Å². The minimum absolute atomic E-state index is 0.320. The van der Waals surface area contributed by atoms with E-state index >= 15 is 0 Å². The Bertz CT molecular complexity index is 647. The maximum Gasteiger partial charge on any atom is 0.104 e. The number of halogens is 3. The summed E-state index contributed by atoms with van der Waals surface area (Å²) in [5.41, 5.74) is 7.90. The molecule has 6 heteroatoms. The van der Waals surface area contributed by atoms with E-state index in [2.05, 4.69) is 21.2 Å². The molecule has 2 aromatic carbocycles. The number of anilines is 2. The van der Waals surface area contributed by atoms with Crippen molar-refractivity contribution in [1.82, 2.24) is 0 Å². The molecular formula is C13H9BrCl2N2S. The smallest absolute Gasteiger partial charge is 0.104 e. The van der Waals surface area contributed by atoms with Gasteiger partial charge in [0, 0.05) is 15.7 Å². The van der Waals surface area contributed by atoms with E-state index in [0.29, 0.717) is 15.0 Å². The average molecular weight is 376 g/mol.